The average Bonchev–Trinajstić information content (AvgIpc) is 2.43. The molecule has 0 saturated carbocycles. The number of carbonyl (C=O) groups is 2. The first-order chi connectivity index (χ1) is 9.93. The standard InChI is InChI=1S/C15H21ClN2O3/c1-11-12(16)6-4-7-13(11)17-14(19)10-18(2)9-5-8-15(20)21-3/h4,6-7H,5,8-10H2,1-3H3,(H,17,19). The molecule has 0 heterocycles. The second-order valence-corrected chi connectivity index (χ2v) is 5.29. The lowest BCUT2D eigenvalue weighted by molar-refractivity contribution is -0.140. The maximum atomic E-state index is 12.0. The van der Waals surface area contributed by atoms with E-state index >= 15 is 0 Å². The van der Waals surface area contributed by atoms with E-state index in [1.165, 1.54) is 7.11 Å². The van der Waals surface area contributed by atoms with Gasteiger partial charge >= 0.3 is 5.97 Å². The Morgan fingerprint density at radius 3 is 2.76 bits per heavy atom. The summed E-state index contributed by atoms with van der Waals surface area (Å²) < 4.78 is 4.57. The number of benzene rings is 1. The summed E-state index contributed by atoms with van der Waals surface area (Å²) in [6, 6.07) is 5.40. The summed E-state index contributed by atoms with van der Waals surface area (Å²) in [5, 5.41) is 3.46. The van der Waals surface area contributed by atoms with Gasteiger partial charge in [0.05, 0.1) is 13.7 Å². The molecular weight excluding hydrogens is 292 g/mol. The summed E-state index contributed by atoms with van der Waals surface area (Å²) in [6.45, 7) is 2.77. The number of likely N-dealkylation sites (N-methyl/N-ethyl adjacent to an activating group) is 1. The third kappa shape index (κ3) is 6.14. The molecule has 0 aromatic heterocycles. The number of nitrogens with zero attached hydrogens (tertiary/aromatic N) is 1. The van der Waals surface area contributed by atoms with Crippen LogP contribution < -0.4 is 5.32 Å². The van der Waals surface area contributed by atoms with Crippen LogP contribution >= 0.6 is 11.6 Å². The largest absolute Gasteiger partial charge is 0.469 e. The van der Waals surface area contributed by atoms with E-state index in [0.29, 0.717) is 24.4 Å². The van der Waals surface area contributed by atoms with Crippen LogP contribution in [0.4, 0.5) is 5.69 Å². The highest BCUT2D eigenvalue weighted by atomic mass is 35.5. The Labute approximate surface area is 130 Å². The van der Waals surface area contributed by atoms with Crippen molar-refractivity contribution in [2.75, 3.05) is 32.6 Å². The van der Waals surface area contributed by atoms with Gasteiger partial charge in [0.25, 0.3) is 0 Å². The minimum atomic E-state index is -0.234. The molecule has 1 rings (SSSR count). The molecule has 6 heteroatoms. The maximum absolute atomic E-state index is 12.0. The molecule has 1 aromatic carbocycles. The Balaban J connectivity index is 2.39. The van der Waals surface area contributed by atoms with Gasteiger partial charge in [-0.25, -0.2) is 0 Å². The van der Waals surface area contributed by atoms with Crippen molar-refractivity contribution in [3.05, 3.63) is 28.8 Å². The Bertz CT molecular complexity index is 506. The van der Waals surface area contributed by atoms with Gasteiger partial charge in [0.1, 0.15) is 0 Å². The Morgan fingerprint density at radius 1 is 1.38 bits per heavy atom. The van der Waals surface area contributed by atoms with Gasteiger partial charge < -0.3 is 10.1 Å². The highest BCUT2D eigenvalue weighted by molar-refractivity contribution is 6.31. The zero-order valence-corrected chi connectivity index (χ0v) is 13.4. The van der Waals surface area contributed by atoms with E-state index < -0.39 is 0 Å². The first kappa shape index (κ1) is 17.5. The average molecular weight is 313 g/mol. The molecule has 0 saturated heterocycles. The minimum absolute atomic E-state index is 0.110. The Morgan fingerprint density at radius 2 is 2.10 bits per heavy atom. The number of ether oxygens (including phenoxy) is 1. The quantitative estimate of drug-likeness (QED) is 0.786. The van der Waals surface area contributed by atoms with Crippen LogP contribution in [-0.4, -0.2) is 44.0 Å². The van der Waals surface area contributed by atoms with Gasteiger partial charge in [0.2, 0.25) is 5.91 Å². The number of carbonyl (C=O) groups excluding carboxylic acids is 2. The van der Waals surface area contributed by atoms with Crippen LogP contribution in [0.25, 0.3) is 0 Å². The van der Waals surface area contributed by atoms with Crippen LogP contribution in [0.5, 0.6) is 0 Å². The Hall–Kier alpha value is -1.59. The van der Waals surface area contributed by atoms with E-state index in [9.17, 15) is 9.59 Å². The SMILES string of the molecule is COC(=O)CCCN(C)CC(=O)Nc1cccc(Cl)c1C. The molecule has 1 N–H and O–H groups in total. The third-order valence-corrected chi connectivity index (χ3v) is 3.51. The van der Waals surface area contributed by atoms with Crippen molar-refractivity contribution in [1.82, 2.24) is 4.90 Å². The number of amides is 1. The molecule has 0 bridgehead atoms. The van der Waals surface area contributed by atoms with Crippen molar-refractivity contribution in [2.24, 2.45) is 0 Å². The van der Waals surface area contributed by atoms with Gasteiger partial charge in [0, 0.05) is 17.1 Å². The zero-order valence-electron chi connectivity index (χ0n) is 12.6. The molecular formula is C15H21ClN2O3. The molecule has 0 unspecified atom stereocenters. The fourth-order valence-corrected chi connectivity index (χ4v) is 2.03. The van der Waals surface area contributed by atoms with E-state index in [2.05, 4.69) is 10.1 Å². The second kappa shape index (κ2) is 8.64. The van der Waals surface area contributed by atoms with Crippen LogP contribution in [0, 0.1) is 6.92 Å². The van der Waals surface area contributed by atoms with Gasteiger partial charge in [0.15, 0.2) is 0 Å². The summed E-state index contributed by atoms with van der Waals surface area (Å²) >= 11 is 6.01. The first-order valence-corrected chi connectivity index (χ1v) is 7.12. The van der Waals surface area contributed by atoms with E-state index in [4.69, 9.17) is 11.6 Å². The van der Waals surface area contributed by atoms with Crippen molar-refractivity contribution in [1.29, 1.82) is 0 Å². The van der Waals surface area contributed by atoms with Crippen molar-refractivity contribution in [3.8, 4) is 0 Å². The molecule has 0 radical (unpaired) electrons. The van der Waals surface area contributed by atoms with Crippen LogP contribution in [0.2, 0.25) is 5.02 Å². The molecule has 1 aromatic rings. The summed E-state index contributed by atoms with van der Waals surface area (Å²) in [6.07, 6.45) is 1.02. The highest BCUT2D eigenvalue weighted by Gasteiger charge is 2.10. The van der Waals surface area contributed by atoms with Gasteiger partial charge in [-0.1, -0.05) is 17.7 Å². The van der Waals surface area contributed by atoms with Crippen LogP contribution in [0.1, 0.15) is 18.4 Å². The first-order valence-electron chi connectivity index (χ1n) is 6.74. The van der Waals surface area contributed by atoms with Gasteiger partial charge in [-0.2, -0.15) is 0 Å². The number of rotatable bonds is 7. The molecule has 0 spiro atoms. The molecule has 5 nitrogen and oxygen atoms in total. The lowest BCUT2D eigenvalue weighted by Crippen LogP contribution is -2.31. The summed E-state index contributed by atoms with van der Waals surface area (Å²) in [5.74, 6) is -0.344. The molecule has 21 heavy (non-hydrogen) atoms. The lowest BCUT2D eigenvalue weighted by Gasteiger charge is -2.16. The van der Waals surface area contributed by atoms with E-state index in [-0.39, 0.29) is 18.4 Å². The Kier molecular flexibility index (Phi) is 7.19. The van der Waals surface area contributed by atoms with Gasteiger partial charge in [-0.3, -0.25) is 14.5 Å². The van der Waals surface area contributed by atoms with Crippen LogP contribution in [-0.2, 0) is 14.3 Å². The normalized spacial score (nSPS) is 10.5. The molecule has 0 aliphatic heterocycles. The summed E-state index contributed by atoms with van der Waals surface area (Å²) in [7, 11) is 3.20. The van der Waals surface area contributed by atoms with Gasteiger partial charge in [-0.05, 0) is 44.6 Å². The topological polar surface area (TPSA) is 58.6 Å². The van der Waals surface area contributed by atoms with Gasteiger partial charge in [-0.15, -0.1) is 0 Å². The minimum Gasteiger partial charge on any atom is -0.469 e. The number of halogens is 1. The number of hydrogen-bond donors (Lipinski definition) is 1. The van der Waals surface area contributed by atoms with Crippen LogP contribution in [0.3, 0.4) is 0 Å². The molecule has 1 amide bonds. The van der Waals surface area contributed by atoms with E-state index in [1.807, 2.05) is 24.9 Å². The number of esters is 1. The number of nitrogens with one attached hydrogen (secondary N) is 1. The predicted molar refractivity (Wildman–Crippen MR) is 83.6 cm³/mol. The molecule has 0 aliphatic carbocycles. The fraction of sp³-hybridized carbons (Fsp3) is 0.467. The predicted octanol–water partition coefficient (Wildman–Crippen LogP) is 2.47. The molecule has 0 fully saturated rings. The second-order valence-electron chi connectivity index (χ2n) is 4.88. The fourth-order valence-electron chi connectivity index (χ4n) is 1.85. The number of hydrogen-bond acceptors (Lipinski definition) is 4. The lowest BCUT2D eigenvalue weighted by atomic mass is 10.2. The summed E-state index contributed by atoms with van der Waals surface area (Å²) in [5.41, 5.74) is 1.57. The number of methoxy groups -OCH3 is 1. The van der Waals surface area contributed by atoms with Crippen molar-refractivity contribution in [3.63, 3.8) is 0 Å². The molecule has 0 atom stereocenters. The zero-order chi connectivity index (χ0) is 15.8. The van der Waals surface area contributed by atoms with E-state index in [1.54, 1.807) is 12.1 Å². The summed E-state index contributed by atoms with van der Waals surface area (Å²) in [4.78, 5) is 24.8. The highest BCUT2D eigenvalue weighted by Crippen LogP contribution is 2.22. The van der Waals surface area contributed by atoms with Crippen molar-refractivity contribution < 1.29 is 14.3 Å². The number of anilines is 1. The third-order valence-electron chi connectivity index (χ3n) is 3.10. The molecule has 0 aliphatic rings. The smallest absolute Gasteiger partial charge is 0.305 e. The van der Waals surface area contributed by atoms with Crippen LogP contribution in [0.15, 0.2) is 18.2 Å². The van der Waals surface area contributed by atoms with Crippen molar-refractivity contribution >= 4 is 29.2 Å². The maximum Gasteiger partial charge on any atom is 0.305 e. The monoisotopic (exact) mass is 312 g/mol. The van der Waals surface area contributed by atoms with Crippen molar-refractivity contribution in [2.45, 2.75) is 19.8 Å². The molecule has 116 valence electrons. The van der Waals surface area contributed by atoms with E-state index in [0.717, 1.165) is 11.3 Å².